The summed E-state index contributed by atoms with van der Waals surface area (Å²) >= 11 is 30.1. The zero-order chi connectivity index (χ0) is 102. The first-order valence-corrected chi connectivity index (χ1v) is 46.2. The van der Waals surface area contributed by atoms with E-state index in [4.69, 9.17) is 69.5 Å². The number of nitrogens with one attached hydrogen (secondary N) is 9. The number of rotatable bonds is 25. The second-order valence-electron chi connectivity index (χ2n) is 31.9. The minimum absolute atomic E-state index is 0.0458. The second kappa shape index (κ2) is 45.7. The first-order valence-electron chi connectivity index (χ1n) is 44.3. The van der Waals surface area contributed by atoms with Crippen LogP contribution in [0.5, 0.6) is 0 Å². The fraction of sp³-hybridized carbons (Fsp3) is 0.103. The van der Waals surface area contributed by atoms with Crippen LogP contribution in [-0.2, 0) is 6.54 Å². The van der Waals surface area contributed by atoms with Crippen molar-refractivity contribution in [3.63, 3.8) is 0 Å². The molecule has 0 aliphatic carbocycles. The first-order chi connectivity index (χ1) is 70.8. The summed E-state index contributed by atoms with van der Waals surface area (Å²) < 4.78 is 7.92. The van der Waals surface area contributed by atoms with E-state index in [9.17, 15) is 24.0 Å². The third-order valence-electron chi connectivity index (χ3n) is 21.2. The van der Waals surface area contributed by atoms with Crippen LogP contribution in [-0.4, -0.2) is 175 Å². The Morgan fingerprint density at radius 2 is 0.685 bits per heavy atom. The molecule has 0 saturated carbocycles. The van der Waals surface area contributed by atoms with E-state index >= 15 is 0 Å². The maximum Gasteiger partial charge on any atom is 0.274 e. The molecule has 49 heteroatoms. The van der Waals surface area contributed by atoms with Crippen molar-refractivity contribution in [2.24, 2.45) is 0 Å². The van der Waals surface area contributed by atoms with Gasteiger partial charge in [-0.15, -0.1) is 76.5 Å². The number of pyridine rings is 3. The van der Waals surface area contributed by atoms with Crippen LogP contribution in [0.25, 0.3) is 39.3 Å². The zero-order valence-corrected chi connectivity index (χ0v) is 81.1. The van der Waals surface area contributed by atoms with Crippen molar-refractivity contribution >= 4 is 196 Å². The molecule has 13 N–H and O–H groups in total. The van der Waals surface area contributed by atoms with Crippen molar-refractivity contribution in [3.05, 3.63) is 375 Å². The third-order valence-corrected chi connectivity index (χ3v) is 22.3. The molecule has 44 nitrogen and oxygen atoms in total. The number of anilines is 12. The lowest BCUT2D eigenvalue weighted by Crippen LogP contribution is -2.29. The van der Waals surface area contributed by atoms with E-state index in [1.165, 1.54) is 37.2 Å². The summed E-state index contributed by atoms with van der Waals surface area (Å²) in [5, 5.41) is 94.6. The summed E-state index contributed by atoms with van der Waals surface area (Å²) in [6.07, 6.45) is 12.1. The van der Waals surface area contributed by atoms with Gasteiger partial charge in [0.05, 0.1) is 64.6 Å². The molecule has 0 bridgehead atoms. The Bertz CT molecular complexity index is 8130. The zero-order valence-electron chi connectivity index (χ0n) is 77.3. The van der Waals surface area contributed by atoms with Gasteiger partial charge in [-0.1, -0.05) is 100 Å². The van der Waals surface area contributed by atoms with E-state index in [0.717, 1.165) is 34.0 Å². The Labute approximate surface area is 852 Å². The third kappa shape index (κ3) is 24.8. The molecule has 15 heterocycles. The van der Waals surface area contributed by atoms with Gasteiger partial charge in [-0.05, 0) is 228 Å². The highest BCUT2D eigenvalue weighted by Gasteiger charge is 2.27. The minimum atomic E-state index is -0.507. The SMILES string of the molecule is CN(Cc1nnc2ccc(Nc3cccc(Cl)c3)nn12)C(=O)c1cccnc1.C[C@@H](NC(=O)c1cccnc1)c1nnc2ccc(Nc3cccc(Cl)c3)nn12.C[C@@H](NC(=O)c1cccnc1N)c1nnc2ccc(Nc3cccc(Cl)c3)nn12.C[C@@H](NC(=O)c1cnc2ccccc2n1)c1nnc2ccc(Nc3cccc(Cl)c3)nn12.C[C@@H](NC(=O)c1nccnc1N)c1nnc2ccc(Nc3cccc(Cl)c3)nn12. The molecule has 0 aliphatic heterocycles. The van der Waals surface area contributed by atoms with Gasteiger partial charge >= 0.3 is 0 Å². The molecular weight excluding hydrogens is 1970 g/mol. The fourth-order valence-electron chi connectivity index (χ4n) is 14.2. The number of fused-ring (bicyclic) bond motifs is 6. The molecule has 0 radical (unpaired) electrons. The molecule has 21 aromatic rings. The van der Waals surface area contributed by atoms with Crippen LogP contribution in [0.3, 0.4) is 0 Å². The summed E-state index contributed by atoms with van der Waals surface area (Å²) in [6, 6.07) is 70.2. The van der Waals surface area contributed by atoms with Gasteiger partial charge in [-0.3, -0.25) is 38.9 Å². The highest BCUT2D eigenvalue weighted by molar-refractivity contribution is 6.32. The predicted molar refractivity (Wildman–Crippen MR) is 550 cm³/mol. The molecular formula is C97H82Cl5N39O5. The number of benzene rings is 6. The number of amides is 5. The summed E-state index contributed by atoms with van der Waals surface area (Å²) in [6.45, 7) is 7.44. The van der Waals surface area contributed by atoms with Crippen LogP contribution in [0.1, 0.15) is 133 Å². The standard InChI is InChI=1S/C22H17ClN8O.C19H17ClN8O.2C19H16ClN7O.C18H16ClN9O/c1-13(25-22(32)18-12-24-16-7-2-3-8-17(16)27-18)21-29-28-20-10-9-19(30-31(20)21)26-15-6-4-5-14(23)11-15;1-11(23-19(29)14-6-3-9-22-17(14)21)18-26-25-16-8-7-15(27-28(16)18)24-13-5-2-4-12(20)10-13;1-26(19(28)13-4-3-9-21-11-13)12-18-24-23-17-8-7-16(25-27(17)18)22-15-6-2-5-14(20)10-15;1-12(22-19(28)13-4-3-9-21-11-13)18-25-24-17-8-7-16(26-27(17)18)23-15-6-2-5-14(20)10-15;1-10(23-18(29)15-16(20)22-8-7-21-15)17-26-25-14-6-5-13(27-28(14)17)24-12-4-2-3-11(19)9-12/h2-13H,1H3,(H,25,32)(H,26,30);2-11H,1H3,(H2,21,22)(H,23,29)(H,24,27);2-11H,12H2,1H3,(H,22,25);2-12H,1H3,(H,22,28)(H,23,26);2-10H,1H3,(H2,20,22)(H,23,29)(H,24,27)/t13-;11-;;12-;10-/m11.11/s1. The molecule has 730 valence electrons. The highest BCUT2D eigenvalue weighted by atomic mass is 35.5. The van der Waals surface area contributed by atoms with Crippen molar-refractivity contribution in [1.82, 2.24) is 160 Å². The molecule has 15 aromatic heterocycles. The van der Waals surface area contributed by atoms with E-state index < -0.39 is 30.1 Å². The fourth-order valence-corrected chi connectivity index (χ4v) is 15.1. The Kier molecular flexibility index (Phi) is 31.0. The maximum atomic E-state index is 12.8. The quantitative estimate of drug-likeness (QED) is 0.0253. The van der Waals surface area contributed by atoms with Crippen molar-refractivity contribution in [2.75, 3.05) is 45.1 Å². The monoisotopic (exact) mass is 2050 g/mol. The molecule has 5 amide bonds. The number of nitrogens with zero attached hydrogens (tertiary/aromatic N) is 28. The molecule has 0 aliphatic rings. The molecule has 0 saturated heterocycles. The lowest BCUT2D eigenvalue weighted by atomic mass is 10.2. The van der Waals surface area contributed by atoms with Crippen molar-refractivity contribution in [3.8, 4) is 0 Å². The van der Waals surface area contributed by atoms with Crippen LogP contribution in [0.15, 0.2) is 292 Å². The van der Waals surface area contributed by atoms with Gasteiger partial charge in [0.25, 0.3) is 29.5 Å². The Balaban J connectivity index is 0.000000125. The van der Waals surface area contributed by atoms with Gasteiger partial charge in [0, 0.05) is 104 Å². The molecule has 0 spiro atoms. The lowest BCUT2D eigenvalue weighted by Gasteiger charge is -2.15. The number of hydrogen-bond acceptors (Lipinski definition) is 34. The van der Waals surface area contributed by atoms with Crippen molar-refractivity contribution in [1.29, 1.82) is 0 Å². The van der Waals surface area contributed by atoms with E-state index in [-0.39, 0.29) is 53.2 Å². The number of carbonyl (C=O) groups is 5. The number of para-hydroxylation sites is 2. The van der Waals surface area contributed by atoms with Gasteiger partial charge in [0.2, 0.25) is 0 Å². The summed E-state index contributed by atoms with van der Waals surface area (Å²) in [4.78, 5) is 92.6. The Morgan fingerprint density at radius 1 is 0.329 bits per heavy atom. The van der Waals surface area contributed by atoms with Crippen LogP contribution in [0.4, 0.5) is 69.2 Å². The minimum Gasteiger partial charge on any atom is -0.383 e. The summed E-state index contributed by atoms with van der Waals surface area (Å²) in [5.74, 6) is 4.04. The maximum absolute atomic E-state index is 12.8. The molecule has 4 atom stereocenters. The predicted octanol–water partition coefficient (Wildman–Crippen LogP) is 15.9. The van der Waals surface area contributed by atoms with Gasteiger partial charge in [0.1, 0.15) is 11.5 Å². The molecule has 0 unspecified atom stereocenters. The molecule has 146 heavy (non-hydrogen) atoms. The number of hydrogen-bond donors (Lipinski definition) is 11. The van der Waals surface area contributed by atoms with Gasteiger partial charge in [-0.25, -0.2) is 19.9 Å². The average Bonchev–Trinajstić information content (AvgIpc) is 1.68. The number of aromatic nitrogens is 27. The van der Waals surface area contributed by atoms with Crippen LogP contribution in [0.2, 0.25) is 25.1 Å². The molecule has 6 aromatic carbocycles. The van der Waals surface area contributed by atoms with Crippen molar-refractivity contribution in [2.45, 2.75) is 58.4 Å². The Morgan fingerprint density at radius 3 is 1.08 bits per heavy atom. The molecule has 21 rings (SSSR count). The van der Waals surface area contributed by atoms with Gasteiger partial charge in [0.15, 0.2) is 98.0 Å². The first kappa shape index (κ1) is 98.9. The summed E-state index contributed by atoms with van der Waals surface area (Å²) in [7, 11) is 1.70. The molecule has 0 fully saturated rings. The number of carbonyl (C=O) groups excluding carboxylic acids is 5. The van der Waals surface area contributed by atoms with E-state index in [2.05, 4.69) is 159 Å². The second-order valence-corrected chi connectivity index (χ2v) is 34.0. The van der Waals surface area contributed by atoms with E-state index in [1.54, 1.807) is 218 Å². The number of halogens is 5. The van der Waals surface area contributed by atoms with Crippen LogP contribution in [0, 0.1) is 0 Å². The summed E-state index contributed by atoms with van der Waals surface area (Å²) in [5.41, 5.74) is 21.3. The number of nitrogen functional groups attached to an aromatic ring is 2. The highest BCUT2D eigenvalue weighted by Crippen LogP contribution is 2.29. The van der Waals surface area contributed by atoms with Gasteiger partial charge in [-0.2, -0.15) is 22.6 Å². The van der Waals surface area contributed by atoms with Crippen LogP contribution < -0.4 is 59.3 Å². The topological polar surface area (TPSA) is 555 Å². The normalized spacial score (nSPS) is 11.7. The lowest BCUT2D eigenvalue weighted by molar-refractivity contribution is 0.0779. The van der Waals surface area contributed by atoms with Crippen LogP contribution >= 0.6 is 58.0 Å². The Hall–Kier alpha value is -18.7. The largest absolute Gasteiger partial charge is 0.383 e. The van der Waals surface area contributed by atoms with E-state index in [1.807, 2.05) is 98.8 Å². The van der Waals surface area contributed by atoms with Gasteiger partial charge < -0.3 is 64.2 Å². The average molecular weight is 2050 g/mol. The van der Waals surface area contributed by atoms with E-state index in [0.29, 0.717) is 134 Å². The van der Waals surface area contributed by atoms with Crippen molar-refractivity contribution < 1.29 is 24.0 Å². The smallest absolute Gasteiger partial charge is 0.274 e. The number of nitrogens with two attached hydrogens (primary N) is 2.